The van der Waals surface area contributed by atoms with E-state index in [9.17, 15) is 0 Å². The summed E-state index contributed by atoms with van der Waals surface area (Å²) in [5.41, 5.74) is 0. The Morgan fingerprint density at radius 1 is 1.38 bits per heavy atom. The van der Waals surface area contributed by atoms with Gasteiger partial charge in [0.15, 0.2) is 0 Å². The minimum absolute atomic E-state index is 1.07. The van der Waals surface area contributed by atoms with Crippen LogP contribution in [0.1, 0.15) is 6.92 Å². The monoisotopic (exact) mass is 229 g/mol. The molecule has 0 unspecified atom stereocenters. The van der Waals surface area contributed by atoms with Gasteiger partial charge in [0.25, 0.3) is 0 Å². The van der Waals surface area contributed by atoms with E-state index in [-0.39, 0.29) is 0 Å². The van der Waals surface area contributed by atoms with E-state index in [0.29, 0.717) is 0 Å². The van der Waals surface area contributed by atoms with Gasteiger partial charge in [-0.1, -0.05) is 0 Å². The topological polar surface area (TPSA) is 12.0 Å². The first kappa shape index (κ1) is 8.56. The maximum atomic E-state index is 3.24. The molecule has 0 bridgehead atoms. The summed E-state index contributed by atoms with van der Waals surface area (Å²) < 4.78 is 2.30. The second-order valence-electron chi connectivity index (χ2n) is 2.46. The van der Waals surface area contributed by atoms with E-state index in [0.717, 1.165) is 6.54 Å². The average Bonchev–Trinajstić information content (AvgIpc) is 1.59. The van der Waals surface area contributed by atoms with E-state index in [1.54, 1.807) is 0 Å². The Kier molecular flexibility index (Phi) is 3.81. The molecular weight excluding hydrogens is 213 g/mol. The third-order valence-electron chi connectivity index (χ3n) is 0.609. The zero-order chi connectivity index (χ0) is 6.62. The van der Waals surface area contributed by atoms with E-state index in [1.165, 1.54) is 0 Å². The summed E-state index contributed by atoms with van der Waals surface area (Å²) in [7, 11) is 0. The molecule has 0 amide bonds. The third-order valence-corrected chi connectivity index (χ3v) is 2.92. The third kappa shape index (κ3) is 6.56. The molecular formula is C6H16IN. The van der Waals surface area contributed by atoms with Crippen LogP contribution in [0.4, 0.5) is 0 Å². The molecule has 0 aromatic carbocycles. The van der Waals surface area contributed by atoms with Gasteiger partial charge in [-0.2, -0.15) is 0 Å². The minimum atomic E-state index is -1.28. The second kappa shape index (κ2) is 3.56. The van der Waals surface area contributed by atoms with Crippen molar-refractivity contribution >= 4 is 22.1 Å². The van der Waals surface area contributed by atoms with Crippen molar-refractivity contribution in [3.8, 4) is 0 Å². The number of hydrogen-bond acceptors (Lipinski definition) is 1. The van der Waals surface area contributed by atoms with Crippen molar-refractivity contribution in [3.63, 3.8) is 0 Å². The quantitative estimate of drug-likeness (QED) is 0.555. The van der Waals surface area contributed by atoms with Crippen LogP contribution in [0.2, 0.25) is 0 Å². The molecule has 1 N–H and O–H groups in total. The molecule has 0 aromatic rings. The summed E-state index contributed by atoms with van der Waals surface area (Å²) in [5.74, 6) is 0. The fourth-order valence-electron chi connectivity index (χ4n) is 0.309. The Labute approximate surface area is 55.9 Å². The summed E-state index contributed by atoms with van der Waals surface area (Å²) in [6.07, 6.45) is 0. The zero-order valence-corrected chi connectivity index (χ0v) is 8.32. The average molecular weight is 229 g/mol. The van der Waals surface area contributed by atoms with Crippen molar-refractivity contribution < 1.29 is 0 Å². The van der Waals surface area contributed by atoms with Gasteiger partial charge < -0.3 is 0 Å². The molecule has 0 spiro atoms. The first-order valence-corrected chi connectivity index (χ1v) is 10.4. The number of hydrogen-bond donors (Lipinski definition) is 1. The van der Waals surface area contributed by atoms with Gasteiger partial charge in [0.05, 0.1) is 0 Å². The number of nitrogens with one attached hydrogen (secondary N) is 1. The SMILES string of the molecule is CCNC=I(C)(C)C. The van der Waals surface area contributed by atoms with Crippen LogP contribution in [0.25, 0.3) is 0 Å². The molecule has 0 saturated carbocycles. The van der Waals surface area contributed by atoms with Crippen molar-refractivity contribution in [1.82, 2.24) is 5.32 Å². The van der Waals surface area contributed by atoms with E-state index in [4.69, 9.17) is 0 Å². The number of halogens is 1. The van der Waals surface area contributed by atoms with Crippen LogP contribution >= 0.6 is 18.0 Å². The van der Waals surface area contributed by atoms with Crippen molar-refractivity contribution in [2.24, 2.45) is 0 Å². The van der Waals surface area contributed by atoms with Crippen molar-refractivity contribution in [1.29, 1.82) is 0 Å². The Bertz CT molecular complexity index is 92.8. The van der Waals surface area contributed by atoms with Crippen LogP contribution in [0.3, 0.4) is 0 Å². The molecule has 0 aliphatic heterocycles. The molecule has 0 radical (unpaired) electrons. The van der Waals surface area contributed by atoms with Crippen molar-refractivity contribution in [3.05, 3.63) is 0 Å². The molecule has 0 heterocycles. The molecule has 52 valence electrons. The fourth-order valence-corrected chi connectivity index (χ4v) is 2.07. The van der Waals surface area contributed by atoms with Crippen LogP contribution in [0, 0.1) is 0 Å². The molecule has 0 rings (SSSR count). The Morgan fingerprint density at radius 2 is 1.88 bits per heavy atom. The van der Waals surface area contributed by atoms with Crippen molar-refractivity contribution in [2.75, 3.05) is 21.3 Å². The molecule has 8 heavy (non-hydrogen) atoms. The molecule has 2 heteroatoms. The van der Waals surface area contributed by atoms with Crippen molar-refractivity contribution in [2.45, 2.75) is 6.92 Å². The molecule has 0 aliphatic carbocycles. The van der Waals surface area contributed by atoms with E-state index in [2.05, 4.69) is 31.2 Å². The predicted octanol–water partition coefficient (Wildman–Crippen LogP) is 1.29. The Hall–Kier alpha value is 0.560. The number of rotatable bonds is 2. The van der Waals surface area contributed by atoms with Gasteiger partial charge >= 0.3 is 55.7 Å². The van der Waals surface area contributed by atoms with Crippen LogP contribution < -0.4 is 5.32 Å². The second-order valence-corrected chi connectivity index (χ2v) is 13.3. The van der Waals surface area contributed by atoms with Crippen LogP contribution in [-0.2, 0) is 0 Å². The molecule has 0 atom stereocenters. The first-order valence-electron chi connectivity index (χ1n) is 2.70. The van der Waals surface area contributed by atoms with Gasteiger partial charge in [0.1, 0.15) is 0 Å². The van der Waals surface area contributed by atoms with E-state index in [1.807, 2.05) is 0 Å². The van der Waals surface area contributed by atoms with Crippen LogP contribution in [-0.4, -0.2) is 25.5 Å². The Balaban J connectivity index is 3.58. The predicted molar refractivity (Wildman–Crippen MR) is 51.5 cm³/mol. The Morgan fingerprint density at radius 3 is 2.00 bits per heavy atom. The number of alkyl halides is 3. The molecule has 1 nitrogen and oxygen atoms in total. The molecule has 0 saturated heterocycles. The van der Waals surface area contributed by atoms with E-state index >= 15 is 0 Å². The standard InChI is InChI=1S/C6H16IN/c1-5-8-6-7(2,3)4/h6,8H,5H2,1-4H3. The van der Waals surface area contributed by atoms with Gasteiger partial charge in [-0.05, 0) is 0 Å². The van der Waals surface area contributed by atoms with Gasteiger partial charge in [-0.3, -0.25) is 0 Å². The summed E-state index contributed by atoms with van der Waals surface area (Å²) in [6.45, 7) is 3.20. The van der Waals surface area contributed by atoms with Crippen LogP contribution in [0.15, 0.2) is 0 Å². The molecule has 0 fully saturated rings. The zero-order valence-electron chi connectivity index (χ0n) is 6.16. The summed E-state index contributed by atoms with van der Waals surface area (Å²) >= 11 is -1.28. The van der Waals surface area contributed by atoms with Gasteiger partial charge in [0.2, 0.25) is 0 Å². The molecule has 0 aliphatic rings. The van der Waals surface area contributed by atoms with Gasteiger partial charge in [-0.25, -0.2) is 0 Å². The maximum absolute atomic E-state index is 3.24. The molecule has 0 aromatic heterocycles. The summed E-state index contributed by atoms with van der Waals surface area (Å²) in [5, 5.41) is 3.24. The summed E-state index contributed by atoms with van der Waals surface area (Å²) in [6, 6.07) is 0. The van der Waals surface area contributed by atoms with Gasteiger partial charge in [0, 0.05) is 0 Å². The summed E-state index contributed by atoms with van der Waals surface area (Å²) in [4.78, 5) is 7.07. The first-order chi connectivity index (χ1) is 3.56. The van der Waals surface area contributed by atoms with Gasteiger partial charge in [-0.15, -0.1) is 0 Å². The normalized spacial score (nSPS) is 13.5. The van der Waals surface area contributed by atoms with E-state index < -0.39 is 18.0 Å². The fraction of sp³-hybridized carbons (Fsp3) is 0.833. The van der Waals surface area contributed by atoms with Crippen LogP contribution in [0.5, 0.6) is 0 Å².